The number of aryl methyl sites for hydroxylation is 1. The van der Waals surface area contributed by atoms with E-state index in [2.05, 4.69) is 12.0 Å². The summed E-state index contributed by atoms with van der Waals surface area (Å²) in [4.78, 5) is 12.0. The van der Waals surface area contributed by atoms with Crippen molar-refractivity contribution in [2.24, 2.45) is 0 Å². The third-order valence-corrected chi connectivity index (χ3v) is 4.51. The smallest absolute Gasteiger partial charge is 0.338 e. The summed E-state index contributed by atoms with van der Waals surface area (Å²) in [6.45, 7) is 2.73. The number of carbonyl (C=O) groups is 1. The standard InChI is InChI=1S/C22H24N2O3/c1-3-6-19-13-18(15-25)23-24(19)14-16-9-11-17(12-10-16)20-7-4-5-8-21(20)22(26)27-2/h4-5,7-13,25H,3,6,14-15H2,1-2H3. The Hall–Kier alpha value is -2.92. The largest absolute Gasteiger partial charge is 0.465 e. The van der Waals surface area contributed by atoms with Crippen molar-refractivity contribution in [3.63, 3.8) is 0 Å². The average molecular weight is 364 g/mol. The van der Waals surface area contributed by atoms with Gasteiger partial charge in [-0.05, 0) is 35.2 Å². The molecular weight excluding hydrogens is 340 g/mol. The van der Waals surface area contributed by atoms with Gasteiger partial charge in [0.1, 0.15) is 0 Å². The van der Waals surface area contributed by atoms with Gasteiger partial charge in [-0.15, -0.1) is 0 Å². The van der Waals surface area contributed by atoms with Crippen molar-refractivity contribution in [2.45, 2.75) is 32.9 Å². The van der Waals surface area contributed by atoms with E-state index < -0.39 is 0 Å². The first-order valence-corrected chi connectivity index (χ1v) is 9.09. The Morgan fingerprint density at radius 1 is 1.15 bits per heavy atom. The molecule has 0 spiro atoms. The molecule has 0 atom stereocenters. The van der Waals surface area contributed by atoms with Crippen LogP contribution in [0.4, 0.5) is 0 Å². The van der Waals surface area contributed by atoms with E-state index in [9.17, 15) is 9.90 Å². The molecule has 27 heavy (non-hydrogen) atoms. The van der Waals surface area contributed by atoms with Gasteiger partial charge in [-0.2, -0.15) is 5.10 Å². The minimum atomic E-state index is -0.341. The Balaban J connectivity index is 1.85. The molecular formula is C22H24N2O3. The van der Waals surface area contributed by atoms with Crippen molar-refractivity contribution in [1.82, 2.24) is 9.78 Å². The number of esters is 1. The molecule has 1 aromatic heterocycles. The highest BCUT2D eigenvalue weighted by atomic mass is 16.5. The van der Waals surface area contributed by atoms with Gasteiger partial charge >= 0.3 is 5.97 Å². The molecule has 3 aromatic rings. The number of ether oxygens (including phenoxy) is 1. The van der Waals surface area contributed by atoms with E-state index in [4.69, 9.17) is 4.74 Å². The lowest BCUT2D eigenvalue weighted by Crippen LogP contribution is -2.07. The van der Waals surface area contributed by atoms with Gasteiger partial charge in [-0.25, -0.2) is 4.79 Å². The van der Waals surface area contributed by atoms with Crippen LogP contribution in [0.3, 0.4) is 0 Å². The number of carbonyl (C=O) groups excluding carboxylic acids is 1. The van der Waals surface area contributed by atoms with Gasteiger partial charge in [0.15, 0.2) is 0 Å². The van der Waals surface area contributed by atoms with Crippen LogP contribution in [0.2, 0.25) is 0 Å². The van der Waals surface area contributed by atoms with E-state index in [0.717, 1.165) is 35.2 Å². The van der Waals surface area contributed by atoms with E-state index in [0.29, 0.717) is 17.8 Å². The lowest BCUT2D eigenvalue weighted by molar-refractivity contribution is 0.0601. The average Bonchev–Trinajstić information content (AvgIpc) is 3.10. The molecule has 0 bridgehead atoms. The van der Waals surface area contributed by atoms with Crippen molar-refractivity contribution in [3.8, 4) is 11.1 Å². The summed E-state index contributed by atoms with van der Waals surface area (Å²) < 4.78 is 6.83. The Morgan fingerprint density at radius 2 is 1.89 bits per heavy atom. The second kappa shape index (κ2) is 8.64. The molecule has 2 aromatic carbocycles. The topological polar surface area (TPSA) is 64.4 Å². The fourth-order valence-electron chi connectivity index (χ4n) is 3.17. The SMILES string of the molecule is CCCc1cc(CO)nn1Cc1ccc(-c2ccccc2C(=O)OC)cc1. The number of aliphatic hydroxyl groups excluding tert-OH is 1. The van der Waals surface area contributed by atoms with Crippen LogP contribution in [0.1, 0.15) is 40.7 Å². The van der Waals surface area contributed by atoms with Gasteiger partial charge in [0.2, 0.25) is 0 Å². The summed E-state index contributed by atoms with van der Waals surface area (Å²) in [5.74, 6) is -0.341. The molecule has 0 saturated carbocycles. The van der Waals surface area contributed by atoms with Crippen molar-refractivity contribution in [1.29, 1.82) is 0 Å². The first-order chi connectivity index (χ1) is 13.2. The first-order valence-electron chi connectivity index (χ1n) is 9.09. The Bertz CT molecular complexity index is 914. The summed E-state index contributed by atoms with van der Waals surface area (Å²) in [5.41, 5.74) is 5.30. The molecule has 1 N–H and O–H groups in total. The van der Waals surface area contributed by atoms with Gasteiger partial charge in [-0.1, -0.05) is 55.8 Å². The van der Waals surface area contributed by atoms with Crippen molar-refractivity contribution in [2.75, 3.05) is 7.11 Å². The molecule has 0 saturated heterocycles. The number of benzene rings is 2. The summed E-state index contributed by atoms with van der Waals surface area (Å²) >= 11 is 0. The maximum absolute atomic E-state index is 12.0. The van der Waals surface area contributed by atoms with Crippen molar-refractivity contribution in [3.05, 3.63) is 77.1 Å². The number of hydrogen-bond acceptors (Lipinski definition) is 4. The fraction of sp³-hybridized carbons (Fsp3) is 0.273. The van der Waals surface area contributed by atoms with Gasteiger partial charge in [0, 0.05) is 5.69 Å². The monoisotopic (exact) mass is 364 g/mol. The van der Waals surface area contributed by atoms with Crippen molar-refractivity contribution >= 4 is 5.97 Å². The normalized spacial score (nSPS) is 10.8. The molecule has 0 amide bonds. The highest BCUT2D eigenvalue weighted by molar-refractivity contribution is 5.97. The van der Waals surface area contributed by atoms with Crippen LogP contribution in [-0.4, -0.2) is 28.0 Å². The zero-order valence-electron chi connectivity index (χ0n) is 15.7. The second-order valence-corrected chi connectivity index (χ2v) is 6.43. The minimum absolute atomic E-state index is 0.0486. The lowest BCUT2D eigenvalue weighted by atomic mass is 9.98. The number of methoxy groups -OCH3 is 1. The van der Waals surface area contributed by atoms with E-state index in [1.54, 1.807) is 6.07 Å². The second-order valence-electron chi connectivity index (χ2n) is 6.43. The minimum Gasteiger partial charge on any atom is -0.465 e. The summed E-state index contributed by atoms with van der Waals surface area (Å²) in [6.07, 6.45) is 1.96. The maximum Gasteiger partial charge on any atom is 0.338 e. The first kappa shape index (κ1) is 18.9. The van der Waals surface area contributed by atoms with Crippen LogP contribution < -0.4 is 0 Å². The Labute approximate surface area is 159 Å². The number of aromatic nitrogens is 2. The van der Waals surface area contributed by atoms with Crippen LogP contribution in [0.25, 0.3) is 11.1 Å². The quantitative estimate of drug-likeness (QED) is 0.647. The summed E-state index contributed by atoms with van der Waals surface area (Å²) in [7, 11) is 1.39. The highest BCUT2D eigenvalue weighted by Gasteiger charge is 2.13. The van der Waals surface area contributed by atoms with E-state index in [1.807, 2.05) is 53.2 Å². The van der Waals surface area contributed by atoms with E-state index >= 15 is 0 Å². The van der Waals surface area contributed by atoms with Gasteiger partial charge in [0.25, 0.3) is 0 Å². The van der Waals surface area contributed by atoms with Crippen LogP contribution in [0.15, 0.2) is 54.6 Å². The Kier molecular flexibility index (Phi) is 6.04. The van der Waals surface area contributed by atoms with Crippen LogP contribution in [0, 0.1) is 0 Å². The molecule has 0 aliphatic heterocycles. The number of aliphatic hydroxyl groups is 1. The number of nitrogens with zero attached hydrogens (tertiary/aromatic N) is 2. The maximum atomic E-state index is 12.0. The third-order valence-electron chi connectivity index (χ3n) is 4.51. The van der Waals surface area contributed by atoms with E-state index in [1.165, 1.54) is 7.11 Å². The van der Waals surface area contributed by atoms with Gasteiger partial charge in [-0.3, -0.25) is 4.68 Å². The van der Waals surface area contributed by atoms with E-state index in [-0.39, 0.29) is 12.6 Å². The van der Waals surface area contributed by atoms with Crippen molar-refractivity contribution < 1.29 is 14.6 Å². The third kappa shape index (κ3) is 4.26. The zero-order chi connectivity index (χ0) is 19.2. The highest BCUT2D eigenvalue weighted by Crippen LogP contribution is 2.25. The molecule has 5 nitrogen and oxygen atoms in total. The number of hydrogen-bond donors (Lipinski definition) is 1. The predicted octanol–water partition coefficient (Wildman–Crippen LogP) is 3.83. The van der Waals surface area contributed by atoms with Crippen LogP contribution in [-0.2, 0) is 24.3 Å². The molecule has 140 valence electrons. The van der Waals surface area contributed by atoms with Gasteiger partial charge in [0.05, 0.1) is 31.5 Å². The zero-order valence-corrected chi connectivity index (χ0v) is 15.7. The molecule has 0 unspecified atom stereocenters. The predicted molar refractivity (Wildman–Crippen MR) is 104 cm³/mol. The number of rotatable bonds is 7. The summed E-state index contributed by atoms with van der Waals surface area (Å²) in [6, 6.07) is 17.5. The van der Waals surface area contributed by atoms with Crippen LogP contribution in [0.5, 0.6) is 0 Å². The molecule has 3 rings (SSSR count). The summed E-state index contributed by atoms with van der Waals surface area (Å²) in [5, 5.41) is 13.8. The Morgan fingerprint density at radius 3 is 2.56 bits per heavy atom. The van der Waals surface area contributed by atoms with Crippen LogP contribution >= 0.6 is 0 Å². The molecule has 5 heteroatoms. The molecule has 1 heterocycles. The molecule has 0 aliphatic rings. The lowest BCUT2D eigenvalue weighted by Gasteiger charge is -2.10. The molecule has 0 aliphatic carbocycles. The fourth-order valence-corrected chi connectivity index (χ4v) is 3.17. The molecule has 0 fully saturated rings. The van der Waals surface area contributed by atoms with Gasteiger partial charge < -0.3 is 9.84 Å². The molecule has 0 radical (unpaired) electrons.